The number of aromatic nitrogens is 1. The molecule has 0 aliphatic carbocycles. The van der Waals surface area contributed by atoms with E-state index in [0.717, 1.165) is 49.7 Å². The fourth-order valence-corrected chi connectivity index (χ4v) is 3.68. The van der Waals surface area contributed by atoms with Crippen molar-refractivity contribution in [1.82, 2.24) is 20.1 Å². The quantitative estimate of drug-likeness (QED) is 0.806. The van der Waals surface area contributed by atoms with Gasteiger partial charge < -0.3 is 15.1 Å². The topological polar surface area (TPSA) is 48.5 Å². The lowest BCUT2D eigenvalue weighted by Crippen LogP contribution is -2.45. The van der Waals surface area contributed by atoms with Gasteiger partial charge in [-0.25, -0.2) is 4.98 Å². The van der Waals surface area contributed by atoms with E-state index in [9.17, 15) is 4.79 Å². The van der Waals surface area contributed by atoms with Gasteiger partial charge in [0.2, 0.25) is 0 Å². The first kappa shape index (κ1) is 18.0. The largest absolute Gasteiger partial charge is 0.351 e. The molecule has 2 heterocycles. The van der Waals surface area contributed by atoms with E-state index in [4.69, 9.17) is 0 Å². The van der Waals surface area contributed by atoms with Crippen LogP contribution in [-0.2, 0) is 0 Å². The van der Waals surface area contributed by atoms with Crippen LogP contribution in [-0.4, -0.2) is 67.0 Å². The molecule has 1 aromatic heterocycles. The highest BCUT2D eigenvalue weighted by molar-refractivity contribution is 7.13. The minimum Gasteiger partial charge on any atom is -0.351 e. The first-order valence-corrected chi connectivity index (χ1v) is 9.71. The molecule has 1 aliphatic rings. The van der Waals surface area contributed by atoms with Crippen LogP contribution in [0, 0.1) is 6.92 Å². The number of nitrogens with one attached hydrogen (secondary N) is 1. The third-order valence-corrected chi connectivity index (χ3v) is 5.46. The summed E-state index contributed by atoms with van der Waals surface area (Å²) < 4.78 is 0. The van der Waals surface area contributed by atoms with Crippen molar-refractivity contribution < 1.29 is 4.79 Å². The van der Waals surface area contributed by atoms with Crippen LogP contribution in [0.5, 0.6) is 0 Å². The normalized spacial score (nSPS) is 16.1. The molecule has 1 N–H and O–H groups in total. The van der Waals surface area contributed by atoms with Crippen LogP contribution in [0.1, 0.15) is 22.5 Å². The van der Waals surface area contributed by atoms with Gasteiger partial charge in [-0.1, -0.05) is 29.8 Å². The summed E-state index contributed by atoms with van der Waals surface area (Å²) in [6, 6.07) is 8.22. The lowest BCUT2D eigenvalue weighted by molar-refractivity contribution is 0.0945. The highest BCUT2D eigenvalue weighted by atomic mass is 32.1. The number of hydrogen-bond donors (Lipinski definition) is 1. The minimum absolute atomic E-state index is 0.0759. The van der Waals surface area contributed by atoms with E-state index in [0.29, 0.717) is 12.2 Å². The van der Waals surface area contributed by atoms with E-state index in [-0.39, 0.29) is 5.91 Å². The summed E-state index contributed by atoms with van der Waals surface area (Å²) in [5.41, 5.74) is 2.79. The average molecular weight is 359 g/mol. The standard InChI is InChI=1S/C19H26N4OS/c1-15-4-6-16(7-5-15)19-21-17(14-25-19)18(24)20-8-3-9-23-12-10-22(2)11-13-23/h4-7,14H,3,8-13H2,1-2H3,(H,20,24). The number of amides is 1. The van der Waals surface area contributed by atoms with Crippen LogP contribution in [0.15, 0.2) is 29.6 Å². The second kappa shape index (κ2) is 8.56. The van der Waals surface area contributed by atoms with Crippen LogP contribution >= 0.6 is 11.3 Å². The number of hydrogen-bond acceptors (Lipinski definition) is 5. The van der Waals surface area contributed by atoms with Crippen molar-refractivity contribution in [3.05, 3.63) is 40.9 Å². The zero-order valence-corrected chi connectivity index (χ0v) is 15.8. The summed E-state index contributed by atoms with van der Waals surface area (Å²) in [6.07, 6.45) is 0.977. The zero-order valence-electron chi connectivity index (χ0n) is 15.0. The lowest BCUT2D eigenvalue weighted by atomic mass is 10.2. The van der Waals surface area contributed by atoms with E-state index in [1.807, 2.05) is 17.5 Å². The number of carbonyl (C=O) groups is 1. The van der Waals surface area contributed by atoms with Gasteiger partial charge >= 0.3 is 0 Å². The van der Waals surface area contributed by atoms with E-state index < -0.39 is 0 Å². The first-order chi connectivity index (χ1) is 12.1. The molecule has 1 saturated heterocycles. The molecule has 3 rings (SSSR count). The van der Waals surface area contributed by atoms with Gasteiger partial charge in [-0.2, -0.15) is 0 Å². The Morgan fingerprint density at radius 2 is 1.92 bits per heavy atom. The van der Waals surface area contributed by atoms with Crippen molar-refractivity contribution >= 4 is 17.2 Å². The van der Waals surface area contributed by atoms with Crippen molar-refractivity contribution in [1.29, 1.82) is 0 Å². The maximum atomic E-state index is 12.3. The maximum Gasteiger partial charge on any atom is 0.270 e. The molecule has 0 atom stereocenters. The molecule has 1 aromatic carbocycles. The Morgan fingerprint density at radius 3 is 2.64 bits per heavy atom. The van der Waals surface area contributed by atoms with Crippen LogP contribution in [0.2, 0.25) is 0 Å². The van der Waals surface area contributed by atoms with E-state index in [1.165, 1.54) is 16.9 Å². The van der Waals surface area contributed by atoms with Crippen molar-refractivity contribution in [2.75, 3.05) is 46.3 Å². The molecule has 0 saturated carbocycles. The maximum absolute atomic E-state index is 12.3. The Kier molecular flexibility index (Phi) is 6.18. The molecule has 0 unspecified atom stereocenters. The van der Waals surface area contributed by atoms with Crippen molar-refractivity contribution in [2.45, 2.75) is 13.3 Å². The molecule has 5 nitrogen and oxygen atoms in total. The summed E-state index contributed by atoms with van der Waals surface area (Å²) in [5.74, 6) is -0.0759. The number of thiazole rings is 1. The molecule has 2 aromatic rings. The predicted molar refractivity (Wildman–Crippen MR) is 103 cm³/mol. The lowest BCUT2D eigenvalue weighted by Gasteiger charge is -2.32. The number of benzene rings is 1. The molecular weight excluding hydrogens is 332 g/mol. The molecule has 0 bridgehead atoms. The number of rotatable bonds is 6. The highest BCUT2D eigenvalue weighted by Gasteiger charge is 2.14. The molecule has 134 valence electrons. The molecule has 0 spiro atoms. The Bertz CT molecular complexity index is 690. The molecule has 0 radical (unpaired) electrons. The summed E-state index contributed by atoms with van der Waals surface area (Å²) in [6.45, 7) is 8.31. The number of nitrogens with zero attached hydrogens (tertiary/aromatic N) is 3. The van der Waals surface area contributed by atoms with Gasteiger partial charge in [0.25, 0.3) is 5.91 Å². The summed E-state index contributed by atoms with van der Waals surface area (Å²) >= 11 is 1.51. The van der Waals surface area contributed by atoms with Crippen LogP contribution in [0.3, 0.4) is 0 Å². The van der Waals surface area contributed by atoms with E-state index >= 15 is 0 Å². The number of likely N-dealkylation sites (N-methyl/N-ethyl adjacent to an activating group) is 1. The molecule has 25 heavy (non-hydrogen) atoms. The Balaban J connectivity index is 1.43. The summed E-state index contributed by atoms with van der Waals surface area (Å²) in [7, 11) is 2.16. The Morgan fingerprint density at radius 1 is 1.20 bits per heavy atom. The van der Waals surface area contributed by atoms with Gasteiger partial charge in [0.1, 0.15) is 10.7 Å². The third-order valence-electron chi connectivity index (χ3n) is 4.57. The Hall–Kier alpha value is -1.76. The molecule has 1 fully saturated rings. The van der Waals surface area contributed by atoms with Crippen LogP contribution in [0.25, 0.3) is 10.6 Å². The minimum atomic E-state index is -0.0759. The third kappa shape index (κ3) is 5.11. The van der Waals surface area contributed by atoms with Gasteiger partial charge in [-0.3, -0.25) is 4.79 Å². The highest BCUT2D eigenvalue weighted by Crippen LogP contribution is 2.23. The summed E-state index contributed by atoms with van der Waals surface area (Å²) in [4.78, 5) is 21.5. The number of piperazine rings is 1. The van der Waals surface area contributed by atoms with Crippen molar-refractivity contribution in [3.8, 4) is 10.6 Å². The molecule has 6 heteroatoms. The second-order valence-electron chi connectivity index (χ2n) is 6.66. The average Bonchev–Trinajstić information content (AvgIpc) is 3.11. The van der Waals surface area contributed by atoms with Crippen LogP contribution in [0.4, 0.5) is 0 Å². The van der Waals surface area contributed by atoms with Crippen molar-refractivity contribution in [2.24, 2.45) is 0 Å². The first-order valence-electron chi connectivity index (χ1n) is 8.83. The second-order valence-corrected chi connectivity index (χ2v) is 7.52. The Labute approximate surface area is 153 Å². The van der Waals surface area contributed by atoms with E-state index in [1.54, 1.807) is 0 Å². The molecule has 1 aliphatic heterocycles. The fourth-order valence-electron chi connectivity index (χ4n) is 2.87. The zero-order chi connectivity index (χ0) is 17.6. The van der Waals surface area contributed by atoms with Gasteiger partial charge in [-0.15, -0.1) is 11.3 Å². The van der Waals surface area contributed by atoms with Crippen molar-refractivity contribution in [3.63, 3.8) is 0 Å². The van der Waals surface area contributed by atoms with Gasteiger partial charge in [0.05, 0.1) is 0 Å². The molecule has 1 amide bonds. The predicted octanol–water partition coefficient (Wildman–Crippen LogP) is 2.49. The van der Waals surface area contributed by atoms with Gasteiger partial charge in [-0.05, 0) is 26.9 Å². The smallest absolute Gasteiger partial charge is 0.270 e. The number of aryl methyl sites for hydroxylation is 1. The van der Waals surface area contributed by atoms with Gasteiger partial charge in [0, 0.05) is 43.7 Å². The molecular formula is C19H26N4OS. The van der Waals surface area contributed by atoms with Crippen LogP contribution < -0.4 is 5.32 Å². The fraction of sp³-hybridized carbons (Fsp3) is 0.474. The van der Waals surface area contributed by atoms with Gasteiger partial charge in [0.15, 0.2) is 0 Å². The monoisotopic (exact) mass is 358 g/mol. The van der Waals surface area contributed by atoms with E-state index in [2.05, 4.69) is 46.2 Å². The SMILES string of the molecule is Cc1ccc(-c2nc(C(=O)NCCCN3CCN(C)CC3)cs2)cc1. The summed E-state index contributed by atoms with van der Waals surface area (Å²) in [5, 5.41) is 5.72. The number of carbonyl (C=O) groups excluding carboxylic acids is 1.